The van der Waals surface area contributed by atoms with E-state index >= 15 is 0 Å². The maximum Gasteiger partial charge on any atom is 0.416 e. The molecule has 0 aliphatic rings. The number of ketones is 2. The fourth-order valence-corrected chi connectivity index (χ4v) is 1.15. The smallest absolute Gasteiger partial charge is 0.416 e. The standard InChI is InChI=1S/C11H7F3O4/c1-18-10(17)9(16)8(15)6-3-2-4-7(5-6)11(12,13)14/h2-5H,1H3. The first kappa shape index (κ1) is 13.9. The number of ether oxygens (including phenoxy) is 1. The number of methoxy groups -OCH3 is 1. The highest BCUT2D eigenvalue weighted by molar-refractivity contribution is 6.65. The predicted octanol–water partition coefficient (Wildman–Crippen LogP) is 1.63. The molecule has 0 amide bonds. The van der Waals surface area contributed by atoms with Gasteiger partial charge in [-0.3, -0.25) is 9.59 Å². The van der Waals surface area contributed by atoms with Crippen LogP contribution in [0.4, 0.5) is 13.2 Å². The van der Waals surface area contributed by atoms with Gasteiger partial charge in [0.1, 0.15) is 0 Å². The van der Waals surface area contributed by atoms with Crippen molar-refractivity contribution in [2.45, 2.75) is 6.18 Å². The third kappa shape index (κ3) is 2.93. The van der Waals surface area contributed by atoms with Crippen LogP contribution in [0.2, 0.25) is 0 Å². The van der Waals surface area contributed by atoms with Crippen molar-refractivity contribution in [3.63, 3.8) is 0 Å². The molecule has 1 rings (SSSR count). The first-order valence-corrected chi connectivity index (χ1v) is 4.61. The Morgan fingerprint density at radius 1 is 1.17 bits per heavy atom. The van der Waals surface area contributed by atoms with Crippen LogP contribution in [-0.2, 0) is 20.5 Å². The largest absolute Gasteiger partial charge is 0.463 e. The Kier molecular flexibility index (Phi) is 3.85. The van der Waals surface area contributed by atoms with Crippen LogP contribution in [0, 0.1) is 0 Å². The van der Waals surface area contributed by atoms with Gasteiger partial charge in [-0.15, -0.1) is 0 Å². The van der Waals surface area contributed by atoms with Crippen LogP contribution >= 0.6 is 0 Å². The maximum atomic E-state index is 12.4. The Hall–Kier alpha value is -2.18. The minimum atomic E-state index is -4.63. The quantitative estimate of drug-likeness (QED) is 0.358. The summed E-state index contributed by atoms with van der Waals surface area (Å²) in [6.45, 7) is 0. The average molecular weight is 260 g/mol. The van der Waals surface area contributed by atoms with E-state index in [4.69, 9.17) is 0 Å². The Morgan fingerprint density at radius 3 is 2.28 bits per heavy atom. The zero-order chi connectivity index (χ0) is 13.9. The highest BCUT2D eigenvalue weighted by Gasteiger charge is 2.32. The van der Waals surface area contributed by atoms with Gasteiger partial charge < -0.3 is 4.74 Å². The number of rotatable bonds is 3. The van der Waals surface area contributed by atoms with E-state index in [2.05, 4.69) is 4.74 Å². The average Bonchev–Trinajstić information content (AvgIpc) is 2.35. The van der Waals surface area contributed by atoms with Crippen molar-refractivity contribution >= 4 is 17.5 Å². The van der Waals surface area contributed by atoms with Crippen molar-refractivity contribution in [3.05, 3.63) is 35.4 Å². The summed E-state index contributed by atoms with van der Waals surface area (Å²) in [7, 11) is 0.889. The number of hydrogen-bond donors (Lipinski definition) is 0. The van der Waals surface area contributed by atoms with E-state index in [9.17, 15) is 27.6 Å². The number of esters is 1. The molecule has 0 spiro atoms. The molecular formula is C11H7F3O4. The van der Waals surface area contributed by atoms with Crippen LogP contribution in [0.1, 0.15) is 15.9 Å². The number of benzene rings is 1. The Labute approximate surface area is 99.4 Å². The first-order chi connectivity index (χ1) is 8.27. The molecule has 0 fully saturated rings. The predicted molar refractivity (Wildman–Crippen MR) is 52.8 cm³/mol. The fourth-order valence-electron chi connectivity index (χ4n) is 1.15. The molecule has 0 aromatic heterocycles. The van der Waals surface area contributed by atoms with E-state index < -0.39 is 34.8 Å². The minimum Gasteiger partial charge on any atom is -0.463 e. The van der Waals surface area contributed by atoms with Crippen LogP contribution in [0.3, 0.4) is 0 Å². The van der Waals surface area contributed by atoms with E-state index in [-0.39, 0.29) is 0 Å². The van der Waals surface area contributed by atoms with Gasteiger partial charge in [0.05, 0.1) is 12.7 Å². The number of hydrogen-bond acceptors (Lipinski definition) is 4. The summed E-state index contributed by atoms with van der Waals surface area (Å²) >= 11 is 0. The molecular weight excluding hydrogens is 253 g/mol. The topological polar surface area (TPSA) is 60.4 Å². The van der Waals surface area contributed by atoms with Crippen molar-refractivity contribution in [2.24, 2.45) is 0 Å². The van der Waals surface area contributed by atoms with Crippen LogP contribution < -0.4 is 0 Å². The van der Waals surface area contributed by atoms with Gasteiger partial charge in [0, 0.05) is 5.56 Å². The molecule has 0 unspecified atom stereocenters. The number of carbonyl (C=O) groups is 3. The van der Waals surface area contributed by atoms with Gasteiger partial charge in [-0.05, 0) is 12.1 Å². The molecule has 7 heteroatoms. The van der Waals surface area contributed by atoms with E-state index in [1.165, 1.54) is 0 Å². The van der Waals surface area contributed by atoms with Gasteiger partial charge in [0.15, 0.2) is 0 Å². The summed E-state index contributed by atoms with van der Waals surface area (Å²) < 4.78 is 41.1. The molecule has 0 saturated carbocycles. The van der Waals surface area contributed by atoms with E-state index in [0.717, 1.165) is 25.3 Å². The summed E-state index contributed by atoms with van der Waals surface area (Å²) in [6.07, 6.45) is -4.63. The zero-order valence-electron chi connectivity index (χ0n) is 9.08. The molecule has 0 aliphatic carbocycles. The molecule has 4 nitrogen and oxygen atoms in total. The lowest BCUT2D eigenvalue weighted by Crippen LogP contribution is -2.25. The fraction of sp³-hybridized carbons (Fsp3) is 0.182. The Bertz CT molecular complexity index is 505. The van der Waals surface area contributed by atoms with E-state index in [1.807, 2.05) is 0 Å². The summed E-state index contributed by atoms with van der Waals surface area (Å²) in [5.41, 5.74) is -1.59. The summed E-state index contributed by atoms with van der Waals surface area (Å²) in [4.78, 5) is 33.3. The Morgan fingerprint density at radius 2 is 1.78 bits per heavy atom. The minimum absolute atomic E-state index is 0.503. The van der Waals surface area contributed by atoms with Gasteiger partial charge in [-0.25, -0.2) is 4.79 Å². The molecule has 1 aromatic rings. The molecule has 0 aliphatic heterocycles. The molecule has 1 aromatic carbocycles. The van der Waals surface area contributed by atoms with Crippen molar-refractivity contribution in [3.8, 4) is 0 Å². The summed E-state index contributed by atoms with van der Waals surface area (Å²) in [5, 5.41) is 0. The van der Waals surface area contributed by atoms with Gasteiger partial charge >= 0.3 is 17.9 Å². The molecule has 0 radical (unpaired) electrons. The van der Waals surface area contributed by atoms with Gasteiger partial charge in [-0.1, -0.05) is 12.1 Å². The molecule has 0 atom stereocenters. The zero-order valence-corrected chi connectivity index (χ0v) is 9.08. The highest BCUT2D eigenvalue weighted by atomic mass is 19.4. The van der Waals surface area contributed by atoms with Crippen LogP contribution in [0.5, 0.6) is 0 Å². The Balaban J connectivity index is 3.08. The summed E-state index contributed by atoms with van der Waals surface area (Å²) in [6, 6.07) is 3.24. The third-order valence-corrected chi connectivity index (χ3v) is 2.03. The van der Waals surface area contributed by atoms with Crippen LogP contribution in [0.25, 0.3) is 0 Å². The summed E-state index contributed by atoms with van der Waals surface area (Å²) in [5.74, 6) is -4.28. The third-order valence-electron chi connectivity index (χ3n) is 2.03. The second-order valence-corrected chi connectivity index (χ2v) is 3.23. The van der Waals surface area contributed by atoms with Gasteiger partial charge in [-0.2, -0.15) is 13.2 Å². The number of Topliss-reactive ketones (excluding diaryl/α,β-unsaturated/α-hetero) is 2. The van der Waals surface area contributed by atoms with Gasteiger partial charge in [0.25, 0.3) is 0 Å². The molecule has 0 bridgehead atoms. The van der Waals surface area contributed by atoms with Crippen molar-refractivity contribution in [1.82, 2.24) is 0 Å². The van der Waals surface area contributed by atoms with E-state index in [0.29, 0.717) is 6.07 Å². The van der Waals surface area contributed by atoms with Crippen LogP contribution in [0.15, 0.2) is 24.3 Å². The van der Waals surface area contributed by atoms with Gasteiger partial charge in [0.2, 0.25) is 5.78 Å². The number of halogens is 3. The normalized spacial score (nSPS) is 10.9. The van der Waals surface area contributed by atoms with Crippen molar-refractivity contribution < 1.29 is 32.3 Å². The highest BCUT2D eigenvalue weighted by Crippen LogP contribution is 2.29. The lowest BCUT2D eigenvalue weighted by atomic mass is 10.0. The first-order valence-electron chi connectivity index (χ1n) is 4.61. The second-order valence-electron chi connectivity index (χ2n) is 3.23. The molecule has 0 saturated heterocycles. The molecule has 0 heterocycles. The van der Waals surface area contributed by atoms with Crippen molar-refractivity contribution in [2.75, 3.05) is 7.11 Å². The maximum absolute atomic E-state index is 12.4. The molecule has 0 N–H and O–H groups in total. The number of carbonyl (C=O) groups excluding carboxylic acids is 3. The SMILES string of the molecule is COC(=O)C(=O)C(=O)c1cccc(C(F)(F)F)c1. The molecule has 18 heavy (non-hydrogen) atoms. The van der Waals surface area contributed by atoms with E-state index in [1.54, 1.807) is 0 Å². The molecule has 96 valence electrons. The second kappa shape index (κ2) is 4.99. The monoisotopic (exact) mass is 260 g/mol. The van der Waals surface area contributed by atoms with Crippen LogP contribution in [-0.4, -0.2) is 24.6 Å². The lowest BCUT2D eigenvalue weighted by molar-refractivity contribution is -0.149. The van der Waals surface area contributed by atoms with Crippen molar-refractivity contribution in [1.29, 1.82) is 0 Å². The lowest BCUT2D eigenvalue weighted by Gasteiger charge is -2.07. The number of alkyl halides is 3.